The predicted molar refractivity (Wildman–Crippen MR) is 89.8 cm³/mol. The third kappa shape index (κ3) is 4.08. The lowest BCUT2D eigenvalue weighted by Crippen LogP contribution is -2.41. The first-order valence-electron chi connectivity index (χ1n) is 6.61. The van der Waals surface area contributed by atoms with Gasteiger partial charge in [-0.2, -0.15) is 0 Å². The topological polar surface area (TPSA) is 61.4 Å². The molecule has 2 amide bonds. The van der Waals surface area contributed by atoms with Crippen molar-refractivity contribution in [1.82, 2.24) is 10.9 Å². The van der Waals surface area contributed by atoms with Crippen molar-refractivity contribution < 1.29 is 9.59 Å². The van der Waals surface area contributed by atoms with Crippen LogP contribution in [0.1, 0.15) is 20.7 Å². The Bertz CT molecular complexity index is 701. The molecule has 0 spiro atoms. The number of anilines is 1. The molecule has 22 heavy (non-hydrogen) atoms. The third-order valence-electron chi connectivity index (χ3n) is 3.00. The van der Waals surface area contributed by atoms with Crippen molar-refractivity contribution in [3.63, 3.8) is 0 Å². The number of nitrogens with zero attached hydrogens (tertiary/aromatic N) is 1. The average Bonchev–Trinajstić information content (AvgIpc) is 2.52. The first-order chi connectivity index (χ1) is 10.5. The zero-order chi connectivity index (χ0) is 16.1. The molecule has 2 N–H and O–H groups in total. The minimum atomic E-state index is -0.376. The van der Waals surface area contributed by atoms with Crippen LogP contribution in [-0.4, -0.2) is 25.9 Å². The predicted octanol–water partition coefficient (Wildman–Crippen LogP) is 2.59. The number of benzene rings is 2. The number of rotatable bonds is 3. The van der Waals surface area contributed by atoms with E-state index in [1.54, 1.807) is 36.4 Å². The largest absolute Gasteiger partial charge is 0.378 e. The Morgan fingerprint density at radius 3 is 2.00 bits per heavy atom. The summed E-state index contributed by atoms with van der Waals surface area (Å²) < 4.78 is 0.796. The second kappa shape index (κ2) is 7.09. The molecule has 6 heteroatoms. The van der Waals surface area contributed by atoms with Crippen molar-refractivity contribution >= 4 is 33.4 Å². The van der Waals surface area contributed by atoms with E-state index in [2.05, 4.69) is 26.8 Å². The van der Waals surface area contributed by atoms with Crippen LogP contribution in [-0.2, 0) is 0 Å². The van der Waals surface area contributed by atoms with Crippen LogP contribution in [0.3, 0.4) is 0 Å². The molecule has 0 aliphatic carbocycles. The summed E-state index contributed by atoms with van der Waals surface area (Å²) in [5.41, 5.74) is 6.65. The molecule has 0 fully saturated rings. The highest BCUT2D eigenvalue weighted by Crippen LogP contribution is 2.13. The quantitative estimate of drug-likeness (QED) is 0.826. The highest BCUT2D eigenvalue weighted by atomic mass is 79.9. The van der Waals surface area contributed by atoms with Crippen molar-refractivity contribution in [2.75, 3.05) is 19.0 Å². The van der Waals surface area contributed by atoms with Crippen LogP contribution >= 0.6 is 15.9 Å². The van der Waals surface area contributed by atoms with Gasteiger partial charge in [0.15, 0.2) is 0 Å². The molecule has 2 rings (SSSR count). The van der Waals surface area contributed by atoms with Crippen LogP contribution in [0.15, 0.2) is 53.0 Å². The summed E-state index contributed by atoms with van der Waals surface area (Å²) in [4.78, 5) is 25.9. The smallest absolute Gasteiger partial charge is 0.269 e. The maximum absolute atomic E-state index is 12.1. The number of nitrogens with one attached hydrogen (secondary N) is 2. The van der Waals surface area contributed by atoms with Crippen LogP contribution in [0.2, 0.25) is 0 Å². The SMILES string of the molecule is CN(C)c1cccc(C(=O)NNC(=O)c2cccc(Br)c2)c1. The van der Waals surface area contributed by atoms with Gasteiger partial charge in [-0.15, -0.1) is 0 Å². The van der Waals surface area contributed by atoms with Crippen LogP contribution in [0.25, 0.3) is 0 Å². The summed E-state index contributed by atoms with van der Waals surface area (Å²) in [5.74, 6) is -0.745. The maximum Gasteiger partial charge on any atom is 0.269 e. The summed E-state index contributed by atoms with van der Waals surface area (Å²) in [7, 11) is 3.79. The fourth-order valence-electron chi connectivity index (χ4n) is 1.81. The second-order valence-corrected chi connectivity index (χ2v) is 5.78. The lowest BCUT2D eigenvalue weighted by Gasteiger charge is -2.13. The van der Waals surface area contributed by atoms with Crippen molar-refractivity contribution in [2.45, 2.75) is 0 Å². The number of halogens is 1. The monoisotopic (exact) mass is 361 g/mol. The molecule has 0 radical (unpaired) electrons. The van der Waals surface area contributed by atoms with Crippen molar-refractivity contribution in [3.8, 4) is 0 Å². The summed E-state index contributed by atoms with van der Waals surface area (Å²) in [6, 6.07) is 14.0. The minimum Gasteiger partial charge on any atom is -0.378 e. The fourth-order valence-corrected chi connectivity index (χ4v) is 2.21. The van der Waals surface area contributed by atoms with E-state index in [9.17, 15) is 9.59 Å². The molecule has 0 atom stereocenters. The van der Waals surface area contributed by atoms with Crippen LogP contribution in [0, 0.1) is 0 Å². The number of hydrazine groups is 1. The molecule has 0 bridgehead atoms. The molecular formula is C16H16BrN3O2. The zero-order valence-corrected chi connectivity index (χ0v) is 13.8. The number of amides is 2. The van der Waals surface area contributed by atoms with Crippen LogP contribution < -0.4 is 15.8 Å². The van der Waals surface area contributed by atoms with Gasteiger partial charge in [0.25, 0.3) is 11.8 Å². The van der Waals surface area contributed by atoms with E-state index < -0.39 is 0 Å². The Kier molecular flexibility index (Phi) is 5.16. The van der Waals surface area contributed by atoms with E-state index in [1.807, 2.05) is 31.1 Å². The van der Waals surface area contributed by atoms with Gasteiger partial charge in [-0.25, -0.2) is 0 Å². The summed E-state index contributed by atoms with van der Waals surface area (Å²) in [6.07, 6.45) is 0. The van der Waals surface area contributed by atoms with Crippen molar-refractivity contribution in [3.05, 3.63) is 64.1 Å². The Labute approximate surface area is 137 Å². The highest BCUT2D eigenvalue weighted by molar-refractivity contribution is 9.10. The van der Waals surface area contributed by atoms with Gasteiger partial charge in [-0.3, -0.25) is 20.4 Å². The molecular weight excluding hydrogens is 346 g/mol. The van der Waals surface area contributed by atoms with Crippen LogP contribution in [0.5, 0.6) is 0 Å². The summed E-state index contributed by atoms with van der Waals surface area (Å²) >= 11 is 3.30. The summed E-state index contributed by atoms with van der Waals surface area (Å²) in [5, 5.41) is 0. The lowest BCUT2D eigenvalue weighted by atomic mass is 10.2. The van der Waals surface area contributed by atoms with Crippen LogP contribution in [0.4, 0.5) is 5.69 Å². The molecule has 0 unspecified atom stereocenters. The molecule has 2 aromatic rings. The van der Waals surface area contributed by atoms with Gasteiger partial charge in [-0.05, 0) is 36.4 Å². The van der Waals surface area contributed by atoms with Gasteiger partial charge < -0.3 is 4.90 Å². The van der Waals surface area contributed by atoms with E-state index in [1.165, 1.54) is 0 Å². The Balaban J connectivity index is 2.01. The number of hydrogen-bond donors (Lipinski definition) is 2. The van der Waals surface area contributed by atoms with Gasteiger partial charge >= 0.3 is 0 Å². The Morgan fingerprint density at radius 1 is 0.909 bits per heavy atom. The molecule has 114 valence electrons. The number of carbonyl (C=O) groups is 2. The van der Waals surface area contributed by atoms with Crippen molar-refractivity contribution in [1.29, 1.82) is 0 Å². The van der Waals surface area contributed by atoms with E-state index >= 15 is 0 Å². The second-order valence-electron chi connectivity index (χ2n) is 4.86. The third-order valence-corrected chi connectivity index (χ3v) is 3.49. The standard InChI is InChI=1S/C16H16BrN3O2/c1-20(2)14-8-4-6-12(10-14)16(22)19-18-15(21)11-5-3-7-13(17)9-11/h3-10H,1-2H3,(H,18,21)(H,19,22). The summed E-state index contributed by atoms with van der Waals surface area (Å²) in [6.45, 7) is 0. The van der Waals surface area contributed by atoms with E-state index in [0.29, 0.717) is 11.1 Å². The average molecular weight is 362 g/mol. The molecule has 0 saturated carbocycles. The fraction of sp³-hybridized carbons (Fsp3) is 0.125. The highest BCUT2D eigenvalue weighted by Gasteiger charge is 2.10. The Morgan fingerprint density at radius 2 is 1.45 bits per heavy atom. The van der Waals surface area contributed by atoms with E-state index in [-0.39, 0.29) is 11.8 Å². The first-order valence-corrected chi connectivity index (χ1v) is 7.40. The number of hydrogen-bond acceptors (Lipinski definition) is 3. The lowest BCUT2D eigenvalue weighted by molar-refractivity contribution is 0.0846. The van der Waals surface area contributed by atoms with Gasteiger partial charge in [0.05, 0.1) is 0 Å². The first kappa shape index (κ1) is 16.0. The molecule has 0 heterocycles. The van der Waals surface area contributed by atoms with E-state index in [0.717, 1.165) is 10.2 Å². The number of carbonyl (C=O) groups excluding carboxylic acids is 2. The molecule has 5 nitrogen and oxygen atoms in total. The van der Waals surface area contributed by atoms with Gasteiger partial charge in [-0.1, -0.05) is 28.1 Å². The van der Waals surface area contributed by atoms with E-state index in [4.69, 9.17) is 0 Å². The molecule has 0 aliphatic heterocycles. The normalized spacial score (nSPS) is 9.95. The van der Waals surface area contributed by atoms with Gasteiger partial charge in [0, 0.05) is 35.4 Å². The zero-order valence-electron chi connectivity index (χ0n) is 12.3. The maximum atomic E-state index is 12.1. The van der Waals surface area contributed by atoms with Gasteiger partial charge in [0.1, 0.15) is 0 Å². The molecule has 0 aliphatic rings. The molecule has 0 aromatic heterocycles. The molecule has 2 aromatic carbocycles. The molecule has 0 saturated heterocycles. The minimum absolute atomic E-state index is 0.368. The Hall–Kier alpha value is -2.34. The van der Waals surface area contributed by atoms with Gasteiger partial charge in [0.2, 0.25) is 0 Å². The van der Waals surface area contributed by atoms with Crippen molar-refractivity contribution in [2.24, 2.45) is 0 Å².